The Hall–Kier alpha value is -2.96. The van der Waals surface area contributed by atoms with Crippen LogP contribution in [0.5, 0.6) is 0 Å². The molecule has 2 aromatic rings. The Morgan fingerprint density at radius 1 is 1.33 bits per heavy atom. The Kier molecular flexibility index (Phi) is 6.39. The number of aliphatic carboxylic acids is 1. The minimum atomic E-state index is -5.08. The van der Waals surface area contributed by atoms with Gasteiger partial charge >= 0.3 is 12.1 Å². The van der Waals surface area contributed by atoms with Crippen LogP contribution < -0.4 is 0 Å². The number of aryl methyl sites for hydroxylation is 1. The molecule has 2 aromatic heterocycles. The second-order valence-corrected chi connectivity index (χ2v) is 7.01. The maximum Gasteiger partial charge on any atom is 0.490 e. The Morgan fingerprint density at radius 2 is 2.07 bits per heavy atom. The van der Waals surface area contributed by atoms with Crippen LogP contribution in [-0.4, -0.2) is 77.9 Å². The van der Waals surface area contributed by atoms with Crippen molar-refractivity contribution in [3.63, 3.8) is 0 Å². The molecule has 0 bridgehead atoms. The SMILES string of the molecule is Cn1cnc(C(=O)N2CCOC3C(Cn4cccn4)CCC32)n1.O=C(O)C(F)(F)F. The van der Waals surface area contributed by atoms with Gasteiger partial charge < -0.3 is 14.7 Å². The molecule has 4 rings (SSSR count). The van der Waals surface area contributed by atoms with E-state index in [0.717, 1.165) is 19.4 Å². The van der Waals surface area contributed by atoms with Crippen molar-refractivity contribution >= 4 is 11.9 Å². The van der Waals surface area contributed by atoms with E-state index in [2.05, 4.69) is 15.2 Å². The number of halogens is 3. The normalized spacial score (nSPS) is 23.5. The molecule has 164 valence electrons. The lowest BCUT2D eigenvalue weighted by atomic mass is 10.0. The van der Waals surface area contributed by atoms with Crippen molar-refractivity contribution in [1.29, 1.82) is 0 Å². The number of fused-ring (bicyclic) bond motifs is 1. The van der Waals surface area contributed by atoms with Crippen LogP contribution in [0.3, 0.4) is 0 Å². The van der Waals surface area contributed by atoms with E-state index in [1.165, 1.54) is 0 Å². The molecular weight excluding hydrogens is 409 g/mol. The highest BCUT2D eigenvalue weighted by Gasteiger charge is 2.45. The Morgan fingerprint density at radius 3 is 2.63 bits per heavy atom. The summed E-state index contributed by atoms with van der Waals surface area (Å²) in [5, 5.41) is 15.5. The summed E-state index contributed by atoms with van der Waals surface area (Å²) in [7, 11) is 1.77. The van der Waals surface area contributed by atoms with Gasteiger partial charge in [0.2, 0.25) is 5.82 Å². The van der Waals surface area contributed by atoms with Gasteiger partial charge in [-0.1, -0.05) is 0 Å². The predicted octanol–water partition coefficient (Wildman–Crippen LogP) is 0.965. The van der Waals surface area contributed by atoms with Crippen molar-refractivity contribution in [1.82, 2.24) is 29.4 Å². The summed E-state index contributed by atoms with van der Waals surface area (Å²) in [6.45, 7) is 2.00. The van der Waals surface area contributed by atoms with Gasteiger partial charge in [-0.3, -0.25) is 14.2 Å². The highest BCUT2D eigenvalue weighted by Crippen LogP contribution is 2.36. The van der Waals surface area contributed by atoms with Crippen LogP contribution in [0, 0.1) is 5.92 Å². The molecule has 3 heterocycles. The van der Waals surface area contributed by atoms with E-state index in [-0.39, 0.29) is 23.9 Å². The Bertz CT molecular complexity index is 869. The molecule has 1 aliphatic heterocycles. The lowest BCUT2D eigenvalue weighted by Crippen LogP contribution is -2.53. The van der Waals surface area contributed by atoms with Gasteiger partial charge in [0.15, 0.2) is 0 Å². The molecule has 1 N–H and O–H groups in total. The molecule has 0 spiro atoms. The van der Waals surface area contributed by atoms with Crippen LogP contribution in [-0.2, 0) is 23.1 Å². The second kappa shape index (κ2) is 8.81. The minimum absolute atomic E-state index is 0.0700. The molecular formula is C17H21F3N6O4. The number of nitrogens with zero attached hydrogens (tertiary/aromatic N) is 6. The lowest BCUT2D eigenvalue weighted by molar-refractivity contribution is -0.192. The van der Waals surface area contributed by atoms with Crippen molar-refractivity contribution in [2.24, 2.45) is 13.0 Å². The highest BCUT2D eigenvalue weighted by atomic mass is 19.4. The van der Waals surface area contributed by atoms with Gasteiger partial charge in [-0.2, -0.15) is 18.3 Å². The van der Waals surface area contributed by atoms with E-state index in [0.29, 0.717) is 19.1 Å². The standard InChI is InChI=1S/C15H20N6O2.C2HF3O2/c1-19-10-16-14(18-19)15(22)21-7-8-23-13-11(3-4-12(13)21)9-20-6-2-5-17-20;3-2(4,5)1(6)7/h2,5-6,10-13H,3-4,7-9H2,1H3;(H,6,7). The molecule has 0 radical (unpaired) electrons. The topological polar surface area (TPSA) is 115 Å². The Balaban J connectivity index is 0.000000318. The van der Waals surface area contributed by atoms with Crippen LogP contribution in [0.1, 0.15) is 23.5 Å². The van der Waals surface area contributed by atoms with Gasteiger partial charge in [0.25, 0.3) is 5.91 Å². The van der Waals surface area contributed by atoms with E-state index in [4.69, 9.17) is 14.6 Å². The summed E-state index contributed by atoms with van der Waals surface area (Å²) in [5.74, 6) is -2.20. The van der Waals surface area contributed by atoms with E-state index >= 15 is 0 Å². The fraction of sp³-hybridized carbons (Fsp3) is 0.588. The number of carboxylic acid groups (broad SMARTS) is 1. The number of hydrogen-bond donors (Lipinski definition) is 1. The molecule has 1 saturated carbocycles. The van der Waals surface area contributed by atoms with E-state index < -0.39 is 12.1 Å². The van der Waals surface area contributed by atoms with E-state index in [9.17, 15) is 18.0 Å². The smallest absolute Gasteiger partial charge is 0.475 e. The number of alkyl halides is 3. The third kappa shape index (κ3) is 4.96. The predicted molar refractivity (Wildman–Crippen MR) is 94.2 cm³/mol. The third-order valence-corrected chi connectivity index (χ3v) is 4.99. The first-order valence-electron chi connectivity index (χ1n) is 9.22. The number of carbonyl (C=O) groups excluding carboxylic acids is 1. The fourth-order valence-corrected chi connectivity index (χ4v) is 3.72. The van der Waals surface area contributed by atoms with Gasteiger partial charge in [0.1, 0.15) is 6.33 Å². The lowest BCUT2D eigenvalue weighted by Gasteiger charge is -2.38. The molecule has 1 amide bonds. The average molecular weight is 430 g/mol. The summed E-state index contributed by atoms with van der Waals surface area (Å²) in [5.41, 5.74) is 0. The zero-order chi connectivity index (χ0) is 21.9. The number of morpholine rings is 1. The number of ether oxygens (including phenoxy) is 1. The van der Waals surface area contributed by atoms with Gasteiger partial charge in [-0.25, -0.2) is 9.78 Å². The Labute approximate surface area is 169 Å². The molecule has 13 heteroatoms. The van der Waals surface area contributed by atoms with Gasteiger partial charge in [0, 0.05) is 38.4 Å². The zero-order valence-corrected chi connectivity index (χ0v) is 16.1. The minimum Gasteiger partial charge on any atom is -0.475 e. The van der Waals surface area contributed by atoms with Gasteiger partial charge in [-0.15, -0.1) is 5.10 Å². The van der Waals surface area contributed by atoms with E-state index in [1.807, 2.05) is 21.8 Å². The third-order valence-electron chi connectivity index (χ3n) is 4.99. The van der Waals surface area contributed by atoms with Crippen molar-refractivity contribution < 1.29 is 32.6 Å². The molecule has 2 aliphatic rings. The average Bonchev–Trinajstić information content (AvgIpc) is 3.43. The number of carboxylic acids is 1. The number of amides is 1. The van der Waals surface area contributed by atoms with Gasteiger partial charge in [-0.05, 0) is 18.9 Å². The van der Waals surface area contributed by atoms with Crippen LogP contribution in [0.25, 0.3) is 0 Å². The molecule has 30 heavy (non-hydrogen) atoms. The molecule has 1 saturated heterocycles. The summed E-state index contributed by atoms with van der Waals surface area (Å²) in [4.78, 5) is 27.6. The number of carbonyl (C=O) groups is 2. The van der Waals surface area contributed by atoms with Crippen molar-refractivity contribution in [3.05, 3.63) is 30.6 Å². The molecule has 10 nitrogen and oxygen atoms in total. The highest BCUT2D eigenvalue weighted by molar-refractivity contribution is 5.90. The first-order valence-corrected chi connectivity index (χ1v) is 9.22. The summed E-state index contributed by atoms with van der Waals surface area (Å²) >= 11 is 0. The van der Waals surface area contributed by atoms with Crippen LogP contribution in [0.4, 0.5) is 13.2 Å². The van der Waals surface area contributed by atoms with Crippen molar-refractivity contribution in [3.8, 4) is 0 Å². The molecule has 2 fully saturated rings. The number of hydrogen-bond acceptors (Lipinski definition) is 6. The second-order valence-electron chi connectivity index (χ2n) is 7.01. The number of aromatic nitrogens is 5. The quantitative estimate of drug-likeness (QED) is 0.771. The van der Waals surface area contributed by atoms with Gasteiger partial charge in [0.05, 0.1) is 18.8 Å². The maximum absolute atomic E-state index is 12.7. The summed E-state index contributed by atoms with van der Waals surface area (Å²) in [6, 6.07) is 2.04. The van der Waals surface area contributed by atoms with Crippen molar-refractivity contribution in [2.75, 3.05) is 13.2 Å². The molecule has 1 aliphatic carbocycles. The van der Waals surface area contributed by atoms with E-state index in [1.54, 1.807) is 24.3 Å². The first kappa shape index (κ1) is 21.7. The molecule has 3 atom stereocenters. The fourth-order valence-electron chi connectivity index (χ4n) is 3.72. The first-order chi connectivity index (χ1) is 14.2. The van der Waals surface area contributed by atoms with Crippen LogP contribution >= 0.6 is 0 Å². The largest absolute Gasteiger partial charge is 0.490 e. The van der Waals surface area contributed by atoms with Crippen LogP contribution in [0.2, 0.25) is 0 Å². The van der Waals surface area contributed by atoms with Crippen molar-refractivity contribution in [2.45, 2.75) is 37.7 Å². The number of rotatable bonds is 3. The molecule has 3 unspecified atom stereocenters. The summed E-state index contributed by atoms with van der Waals surface area (Å²) in [6.07, 6.45) is 2.29. The molecule has 0 aromatic carbocycles. The summed E-state index contributed by atoms with van der Waals surface area (Å²) < 4.78 is 41.2. The monoisotopic (exact) mass is 430 g/mol. The van der Waals surface area contributed by atoms with Crippen LogP contribution in [0.15, 0.2) is 24.8 Å². The zero-order valence-electron chi connectivity index (χ0n) is 16.1. The maximum atomic E-state index is 12.7.